The number of hydrogen-bond acceptors (Lipinski definition) is 5. The van der Waals surface area contributed by atoms with Crippen molar-refractivity contribution in [1.29, 1.82) is 0 Å². The molecule has 0 atom stereocenters. The van der Waals surface area contributed by atoms with Crippen molar-refractivity contribution in [3.63, 3.8) is 0 Å². The van der Waals surface area contributed by atoms with E-state index in [4.69, 9.17) is 5.11 Å². The number of carboxylic acids is 1. The zero-order valence-corrected chi connectivity index (χ0v) is 8.58. The quantitative estimate of drug-likeness (QED) is 0.723. The van der Waals surface area contributed by atoms with E-state index in [0.29, 0.717) is 5.69 Å². The first kappa shape index (κ1) is 11.0. The molecule has 2 rings (SSSR count). The molecule has 0 saturated carbocycles. The Bertz CT molecular complexity index is 502. The molecule has 0 radical (unpaired) electrons. The summed E-state index contributed by atoms with van der Waals surface area (Å²) >= 11 is 0. The number of amides is 3. The zero-order valence-electron chi connectivity index (χ0n) is 8.58. The van der Waals surface area contributed by atoms with E-state index in [1.165, 1.54) is 17.2 Å². The van der Waals surface area contributed by atoms with Crippen LogP contribution in [0.1, 0.15) is 16.9 Å². The summed E-state index contributed by atoms with van der Waals surface area (Å²) in [4.78, 5) is 34.4. The van der Waals surface area contributed by atoms with Gasteiger partial charge in [0.25, 0.3) is 0 Å². The van der Waals surface area contributed by atoms with Crippen molar-refractivity contribution in [3.8, 4) is 0 Å². The minimum absolute atomic E-state index is 0.163. The molecule has 2 heterocycles. The van der Waals surface area contributed by atoms with Gasteiger partial charge < -0.3 is 5.11 Å². The number of anilines is 1. The number of imide groups is 1. The maximum atomic E-state index is 11.5. The van der Waals surface area contributed by atoms with Crippen molar-refractivity contribution in [1.82, 2.24) is 15.5 Å². The number of rotatable bonds is 2. The molecule has 1 saturated heterocycles. The summed E-state index contributed by atoms with van der Waals surface area (Å²) in [7, 11) is 0. The van der Waals surface area contributed by atoms with Crippen LogP contribution in [0, 0.1) is 0 Å². The monoisotopic (exact) mass is 236 g/mol. The normalized spacial score (nSPS) is 15.6. The van der Waals surface area contributed by atoms with Crippen LogP contribution in [0.5, 0.6) is 0 Å². The topological polar surface area (TPSA) is 112 Å². The van der Waals surface area contributed by atoms with Crippen LogP contribution < -0.4 is 10.2 Å². The van der Waals surface area contributed by atoms with Crippen molar-refractivity contribution >= 4 is 23.6 Å². The molecule has 0 spiro atoms. The average Bonchev–Trinajstić information content (AvgIpc) is 2.29. The van der Waals surface area contributed by atoms with Gasteiger partial charge in [-0.05, 0) is 6.07 Å². The molecular weight excluding hydrogens is 228 g/mol. The number of hydrogen-bond donors (Lipinski definition) is 2. The summed E-state index contributed by atoms with van der Waals surface area (Å²) in [5.74, 6) is -1.58. The number of urea groups is 1. The second kappa shape index (κ2) is 4.16. The van der Waals surface area contributed by atoms with E-state index < -0.39 is 12.0 Å². The van der Waals surface area contributed by atoms with Crippen LogP contribution in [0.15, 0.2) is 12.3 Å². The van der Waals surface area contributed by atoms with Gasteiger partial charge in [0.1, 0.15) is 0 Å². The molecule has 8 nitrogen and oxygen atoms in total. The Labute approximate surface area is 95.2 Å². The van der Waals surface area contributed by atoms with Crippen LogP contribution in [0.25, 0.3) is 0 Å². The fourth-order valence-corrected chi connectivity index (χ4v) is 1.42. The number of carbonyl (C=O) groups excluding carboxylic acids is 2. The molecule has 1 aromatic rings. The first-order valence-electron chi connectivity index (χ1n) is 4.75. The highest BCUT2D eigenvalue weighted by Gasteiger charge is 2.25. The molecule has 0 aromatic carbocycles. The highest BCUT2D eigenvalue weighted by molar-refractivity contribution is 6.05. The Morgan fingerprint density at radius 3 is 2.88 bits per heavy atom. The SMILES string of the molecule is O=C1CCN(c2cnnc(C(=O)O)c2)C(=O)N1. The lowest BCUT2D eigenvalue weighted by Gasteiger charge is -2.25. The summed E-state index contributed by atoms with van der Waals surface area (Å²) in [6.07, 6.45) is 1.43. The molecule has 0 bridgehead atoms. The van der Waals surface area contributed by atoms with E-state index >= 15 is 0 Å². The smallest absolute Gasteiger partial charge is 0.356 e. The second-order valence-electron chi connectivity index (χ2n) is 3.36. The van der Waals surface area contributed by atoms with Crippen molar-refractivity contribution in [3.05, 3.63) is 18.0 Å². The molecule has 8 heteroatoms. The Balaban J connectivity index is 2.28. The highest BCUT2D eigenvalue weighted by atomic mass is 16.4. The Morgan fingerprint density at radius 1 is 1.47 bits per heavy atom. The van der Waals surface area contributed by atoms with Gasteiger partial charge in [-0.1, -0.05) is 0 Å². The lowest BCUT2D eigenvalue weighted by Crippen LogP contribution is -2.49. The molecule has 0 aliphatic carbocycles. The van der Waals surface area contributed by atoms with Gasteiger partial charge in [0.2, 0.25) is 5.91 Å². The summed E-state index contributed by atoms with van der Waals surface area (Å²) in [6.45, 7) is 0.190. The molecule has 17 heavy (non-hydrogen) atoms. The van der Waals surface area contributed by atoms with Gasteiger partial charge in [0, 0.05) is 13.0 Å². The first-order valence-corrected chi connectivity index (χ1v) is 4.75. The average molecular weight is 236 g/mol. The Kier molecular flexibility index (Phi) is 2.69. The predicted octanol–water partition coefficient (Wildman–Crippen LogP) is -0.379. The van der Waals surface area contributed by atoms with Gasteiger partial charge >= 0.3 is 12.0 Å². The summed E-state index contributed by atoms with van der Waals surface area (Å²) in [6, 6.07) is 0.635. The van der Waals surface area contributed by atoms with Gasteiger partial charge in [-0.25, -0.2) is 9.59 Å². The predicted molar refractivity (Wildman–Crippen MR) is 54.5 cm³/mol. The second-order valence-corrected chi connectivity index (χ2v) is 3.36. The summed E-state index contributed by atoms with van der Waals surface area (Å²) in [5.41, 5.74) is 0.0367. The molecule has 0 unspecified atom stereocenters. The fraction of sp³-hybridized carbons (Fsp3) is 0.222. The molecule has 1 aromatic heterocycles. The molecular formula is C9H8N4O4. The molecule has 1 aliphatic heterocycles. The van der Waals surface area contributed by atoms with Gasteiger partial charge in [0.15, 0.2) is 5.69 Å². The molecule has 88 valence electrons. The number of carboxylic acid groups (broad SMARTS) is 1. The van der Waals surface area contributed by atoms with Crippen LogP contribution in [0.3, 0.4) is 0 Å². The van der Waals surface area contributed by atoms with Crippen LogP contribution in [-0.2, 0) is 4.79 Å². The van der Waals surface area contributed by atoms with Crippen LogP contribution in [0.4, 0.5) is 10.5 Å². The molecule has 2 N–H and O–H groups in total. The van der Waals surface area contributed by atoms with Crippen LogP contribution in [0.2, 0.25) is 0 Å². The van der Waals surface area contributed by atoms with Gasteiger partial charge in [-0.15, -0.1) is 5.10 Å². The molecule has 1 fully saturated rings. The summed E-state index contributed by atoms with van der Waals surface area (Å²) in [5, 5.41) is 17.8. The van der Waals surface area contributed by atoms with Gasteiger partial charge in [-0.3, -0.25) is 15.0 Å². The van der Waals surface area contributed by atoms with Gasteiger partial charge in [0.05, 0.1) is 11.9 Å². The number of aromatic nitrogens is 2. The maximum Gasteiger partial charge on any atom is 0.356 e. The maximum absolute atomic E-state index is 11.5. The number of aromatic carboxylic acids is 1. The number of carbonyl (C=O) groups is 3. The van der Waals surface area contributed by atoms with Crippen LogP contribution >= 0.6 is 0 Å². The number of nitrogens with zero attached hydrogens (tertiary/aromatic N) is 3. The molecule has 1 aliphatic rings. The van der Waals surface area contributed by atoms with Crippen molar-refractivity contribution < 1.29 is 19.5 Å². The van der Waals surface area contributed by atoms with E-state index in [2.05, 4.69) is 15.5 Å². The van der Waals surface area contributed by atoms with Crippen molar-refractivity contribution in [2.24, 2.45) is 0 Å². The fourth-order valence-electron chi connectivity index (χ4n) is 1.42. The van der Waals surface area contributed by atoms with Crippen molar-refractivity contribution in [2.45, 2.75) is 6.42 Å². The summed E-state index contributed by atoms with van der Waals surface area (Å²) < 4.78 is 0. The Morgan fingerprint density at radius 2 is 2.24 bits per heavy atom. The number of nitrogens with one attached hydrogen (secondary N) is 1. The van der Waals surface area contributed by atoms with E-state index in [1.807, 2.05) is 0 Å². The van der Waals surface area contributed by atoms with E-state index in [9.17, 15) is 14.4 Å². The third kappa shape index (κ3) is 2.19. The minimum Gasteiger partial charge on any atom is -0.476 e. The lowest BCUT2D eigenvalue weighted by atomic mass is 10.2. The van der Waals surface area contributed by atoms with Gasteiger partial charge in [-0.2, -0.15) is 5.10 Å². The highest BCUT2D eigenvalue weighted by Crippen LogP contribution is 2.16. The zero-order chi connectivity index (χ0) is 12.4. The van der Waals surface area contributed by atoms with Crippen LogP contribution in [-0.4, -0.2) is 39.8 Å². The lowest BCUT2D eigenvalue weighted by molar-refractivity contribution is -0.120. The third-order valence-electron chi connectivity index (χ3n) is 2.22. The van der Waals surface area contributed by atoms with E-state index in [-0.39, 0.29) is 24.6 Å². The standard InChI is InChI=1S/C9H8N4O4/c14-7-1-2-13(9(17)11-7)5-3-6(8(15)16)12-10-4-5/h3-4H,1-2H2,(H,15,16)(H,11,14,17). The third-order valence-corrected chi connectivity index (χ3v) is 2.22. The molecule has 3 amide bonds. The minimum atomic E-state index is -1.23. The largest absolute Gasteiger partial charge is 0.476 e. The van der Waals surface area contributed by atoms with E-state index in [0.717, 1.165) is 0 Å². The van der Waals surface area contributed by atoms with Crippen molar-refractivity contribution in [2.75, 3.05) is 11.4 Å². The van der Waals surface area contributed by atoms with E-state index in [1.54, 1.807) is 0 Å². The Hall–Kier alpha value is -2.51. The first-order chi connectivity index (χ1) is 8.08.